The van der Waals surface area contributed by atoms with E-state index in [0.717, 1.165) is 5.56 Å². The van der Waals surface area contributed by atoms with Crippen LogP contribution in [0.5, 0.6) is 5.75 Å². The van der Waals surface area contributed by atoms with E-state index in [1.165, 1.54) is 21.9 Å². The first-order valence-electron chi connectivity index (χ1n) is 17.2. The van der Waals surface area contributed by atoms with Crippen molar-refractivity contribution < 1.29 is 43.8 Å². The molecule has 7 atom stereocenters. The number of nitrogens with two attached hydrogens (primary N) is 2. The molecule has 16 heteroatoms. The second-order valence-electron chi connectivity index (χ2n) is 13.9. The van der Waals surface area contributed by atoms with E-state index in [4.69, 9.17) is 11.5 Å². The van der Waals surface area contributed by atoms with E-state index in [2.05, 4.69) is 16.0 Å². The van der Waals surface area contributed by atoms with Crippen LogP contribution in [0.4, 0.5) is 0 Å². The molecule has 3 aliphatic heterocycles. The summed E-state index contributed by atoms with van der Waals surface area (Å²) < 4.78 is 0. The summed E-state index contributed by atoms with van der Waals surface area (Å²) in [5, 5.41) is 26.9. The summed E-state index contributed by atoms with van der Waals surface area (Å²) in [6.07, 6.45) is 2.11. The molecule has 3 heterocycles. The lowest BCUT2D eigenvalue weighted by Crippen LogP contribution is -2.59. The minimum Gasteiger partial charge on any atom is -0.508 e. The minimum atomic E-state index is -1.28. The fraction of sp³-hybridized carbons (Fsp3) is 0.618. The summed E-state index contributed by atoms with van der Waals surface area (Å²) >= 11 is 0. The number of carbonyl (C=O) groups excluding carboxylic acids is 6. The van der Waals surface area contributed by atoms with Crippen molar-refractivity contribution in [2.45, 2.75) is 108 Å². The van der Waals surface area contributed by atoms with Gasteiger partial charge in [0.2, 0.25) is 35.4 Å². The zero-order chi connectivity index (χ0) is 36.7. The van der Waals surface area contributed by atoms with Gasteiger partial charge < -0.3 is 47.4 Å². The lowest BCUT2D eigenvalue weighted by Gasteiger charge is -2.38. The number of phenols is 1. The molecule has 9 N–H and O–H groups in total. The average molecular weight is 700 g/mol. The van der Waals surface area contributed by atoms with E-state index in [1.807, 2.05) is 13.8 Å². The van der Waals surface area contributed by atoms with E-state index in [1.54, 1.807) is 12.1 Å². The van der Waals surface area contributed by atoms with Crippen LogP contribution in [0.25, 0.3) is 0 Å². The highest BCUT2D eigenvalue weighted by Gasteiger charge is 2.47. The van der Waals surface area contributed by atoms with Crippen LogP contribution in [0.1, 0.15) is 70.8 Å². The summed E-state index contributed by atoms with van der Waals surface area (Å²) in [5.41, 5.74) is 12.1. The number of likely N-dealkylation sites (tertiary alicyclic amines) is 1. The van der Waals surface area contributed by atoms with Crippen molar-refractivity contribution in [2.24, 2.45) is 23.3 Å². The number of hydrogen-bond donors (Lipinski definition) is 7. The van der Waals surface area contributed by atoms with Crippen molar-refractivity contribution in [3.8, 4) is 5.75 Å². The number of hydrogen-bond acceptors (Lipinski definition) is 9. The normalized spacial score (nSPS) is 23.6. The third-order valence-corrected chi connectivity index (χ3v) is 9.75. The number of aliphatic carboxylic acids is 1. The highest BCUT2D eigenvalue weighted by Crippen LogP contribution is 2.35. The van der Waals surface area contributed by atoms with E-state index >= 15 is 0 Å². The number of nitrogens with one attached hydrogen (secondary N) is 3. The second-order valence-corrected chi connectivity index (χ2v) is 13.9. The lowest BCUT2D eigenvalue weighted by atomic mass is 9.92. The number of carboxylic acids is 1. The molecule has 16 nitrogen and oxygen atoms in total. The molecule has 3 aliphatic rings. The SMILES string of the molecule is CC(C)CC(NC(=O)C(CCC(=O)O)NC(=O)C1CCC2CCC(CNC(=O)C(Cc3ccc(O)cc3)N3CCC(N)C3=O)C(=O)N21)C(N)=O. The maximum atomic E-state index is 13.8. The summed E-state index contributed by atoms with van der Waals surface area (Å²) in [6.45, 7) is 3.97. The monoisotopic (exact) mass is 699 g/mol. The maximum Gasteiger partial charge on any atom is 0.303 e. The largest absolute Gasteiger partial charge is 0.508 e. The Bertz CT molecular complexity index is 1450. The van der Waals surface area contributed by atoms with Crippen molar-refractivity contribution in [1.82, 2.24) is 25.8 Å². The minimum absolute atomic E-state index is 0.0179. The third-order valence-electron chi connectivity index (χ3n) is 9.75. The zero-order valence-electron chi connectivity index (χ0n) is 28.5. The Morgan fingerprint density at radius 2 is 1.60 bits per heavy atom. The Morgan fingerprint density at radius 3 is 2.20 bits per heavy atom. The molecule has 3 fully saturated rings. The number of fused-ring (bicyclic) bond motifs is 1. The smallest absolute Gasteiger partial charge is 0.303 e. The molecule has 3 saturated heterocycles. The van der Waals surface area contributed by atoms with Gasteiger partial charge in [0, 0.05) is 32.0 Å². The molecule has 0 aromatic heterocycles. The fourth-order valence-corrected chi connectivity index (χ4v) is 7.04. The van der Waals surface area contributed by atoms with Gasteiger partial charge in [0.1, 0.15) is 29.9 Å². The molecule has 6 amide bonds. The first kappa shape index (κ1) is 38.1. The maximum absolute atomic E-state index is 13.8. The number of amides is 6. The second kappa shape index (κ2) is 16.8. The Kier molecular flexibility index (Phi) is 12.8. The van der Waals surface area contributed by atoms with Crippen LogP contribution in [0.3, 0.4) is 0 Å². The van der Waals surface area contributed by atoms with E-state index in [9.17, 15) is 43.8 Å². The number of nitrogens with zero attached hydrogens (tertiary/aromatic N) is 2. The summed E-state index contributed by atoms with van der Waals surface area (Å²) in [4.78, 5) is 93.2. The highest BCUT2D eigenvalue weighted by atomic mass is 16.4. The summed E-state index contributed by atoms with van der Waals surface area (Å²) in [7, 11) is 0. The van der Waals surface area contributed by atoms with Gasteiger partial charge in [0.05, 0.1) is 12.0 Å². The van der Waals surface area contributed by atoms with Gasteiger partial charge in [-0.1, -0.05) is 26.0 Å². The molecule has 7 unspecified atom stereocenters. The van der Waals surface area contributed by atoms with E-state index in [-0.39, 0.29) is 55.3 Å². The molecule has 1 aromatic carbocycles. The first-order chi connectivity index (χ1) is 23.7. The van der Waals surface area contributed by atoms with Gasteiger partial charge in [-0.05, 0) is 68.6 Å². The third kappa shape index (κ3) is 9.49. The first-order valence-corrected chi connectivity index (χ1v) is 17.2. The number of carbonyl (C=O) groups is 7. The van der Waals surface area contributed by atoms with Crippen LogP contribution in [-0.4, -0.2) is 111 Å². The molecule has 274 valence electrons. The number of phenolic OH excluding ortho intramolecular Hbond substituents is 1. The van der Waals surface area contributed by atoms with Gasteiger partial charge >= 0.3 is 5.97 Å². The van der Waals surface area contributed by atoms with Crippen molar-refractivity contribution in [2.75, 3.05) is 13.1 Å². The Morgan fingerprint density at radius 1 is 0.920 bits per heavy atom. The van der Waals surface area contributed by atoms with Crippen molar-refractivity contribution >= 4 is 41.4 Å². The molecule has 0 bridgehead atoms. The van der Waals surface area contributed by atoms with Crippen LogP contribution < -0.4 is 27.4 Å². The van der Waals surface area contributed by atoms with Crippen molar-refractivity contribution in [3.63, 3.8) is 0 Å². The molecular formula is C34H49N7O9. The van der Waals surface area contributed by atoms with Crippen molar-refractivity contribution in [1.29, 1.82) is 0 Å². The quantitative estimate of drug-likeness (QED) is 0.112. The van der Waals surface area contributed by atoms with Crippen LogP contribution in [0.2, 0.25) is 0 Å². The Hall–Kier alpha value is -4.73. The predicted molar refractivity (Wildman–Crippen MR) is 179 cm³/mol. The number of piperidine rings is 1. The molecular weight excluding hydrogens is 650 g/mol. The molecule has 0 radical (unpaired) electrons. The average Bonchev–Trinajstić information content (AvgIpc) is 3.64. The highest BCUT2D eigenvalue weighted by molar-refractivity contribution is 5.95. The van der Waals surface area contributed by atoms with Crippen LogP contribution in [0.15, 0.2) is 24.3 Å². The molecule has 1 aromatic rings. The van der Waals surface area contributed by atoms with Crippen molar-refractivity contribution in [3.05, 3.63) is 29.8 Å². The van der Waals surface area contributed by atoms with Gasteiger partial charge in [-0.25, -0.2) is 0 Å². The van der Waals surface area contributed by atoms with E-state index in [0.29, 0.717) is 38.6 Å². The molecule has 0 spiro atoms. The number of aromatic hydroxyl groups is 1. The molecule has 0 aliphatic carbocycles. The summed E-state index contributed by atoms with van der Waals surface area (Å²) in [5.74, 6) is -4.98. The Labute approximate surface area is 290 Å². The molecule has 50 heavy (non-hydrogen) atoms. The number of benzene rings is 1. The number of primary amides is 1. The van der Waals surface area contributed by atoms with E-state index < -0.39 is 72.1 Å². The van der Waals surface area contributed by atoms with Gasteiger partial charge in [-0.3, -0.25) is 33.6 Å². The predicted octanol–water partition coefficient (Wildman–Crippen LogP) is -0.885. The zero-order valence-corrected chi connectivity index (χ0v) is 28.5. The number of carboxylic acid groups (broad SMARTS) is 1. The topological polar surface area (TPSA) is 255 Å². The van der Waals surface area contributed by atoms with Crippen LogP contribution in [0, 0.1) is 11.8 Å². The Balaban J connectivity index is 1.42. The van der Waals surface area contributed by atoms with Gasteiger partial charge in [0.15, 0.2) is 0 Å². The molecule has 0 saturated carbocycles. The number of rotatable bonds is 16. The fourth-order valence-electron chi connectivity index (χ4n) is 7.04. The molecule has 4 rings (SSSR count). The lowest BCUT2D eigenvalue weighted by molar-refractivity contribution is -0.147. The van der Waals surface area contributed by atoms with Gasteiger partial charge in [-0.15, -0.1) is 0 Å². The van der Waals surface area contributed by atoms with Crippen LogP contribution >= 0.6 is 0 Å². The standard InChI is InChI=1S/C34H49N7O9/c1-18(2)15-25(29(36)45)39-30(46)24(10-12-28(43)44)38-32(48)26-11-7-21-6-5-20(33(49)41(21)26)17-37-31(47)27(40-14-13-23(35)34(40)50)16-19-3-8-22(42)9-4-19/h3-4,8-9,18,20-21,23-27,42H,5-7,10-17,35H2,1-2H3,(H2,36,45)(H,37,47)(H,38,48)(H,39,46)(H,43,44). The summed E-state index contributed by atoms with van der Waals surface area (Å²) in [6, 6.07) is 1.29. The van der Waals surface area contributed by atoms with Gasteiger partial charge in [0.25, 0.3) is 0 Å². The van der Waals surface area contributed by atoms with Gasteiger partial charge in [-0.2, -0.15) is 0 Å². The van der Waals surface area contributed by atoms with Crippen LogP contribution in [-0.2, 0) is 40.0 Å².